The highest BCUT2D eigenvalue weighted by Gasteiger charge is 2.30. The Morgan fingerprint density at radius 3 is 2.95 bits per heavy atom. The molecule has 0 saturated carbocycles. The van der Waals surface area contributed by atoms with Gasteiger partial charge in [-0.05, 0) is 26.8 Å². The summed E-state index contributed by atoms with van der Waals surface area (Å²) < 4.78 is 1.57. The molecule has 6 nitrogen and oxygen atoms in total. The molecule has 116 valence electrons. The molecule has 0 spiro atoms. The van der Waals surface area contributed by atoms with Crippen LogP contribution in [-0.4, -0.2) is 33.8 Å². The number of pyridine rings is 1. The molecule has 2 heterocycles. The molecule has 3 N–H and O–H groups in total. The molecule has 1 aliphatic rings. The molecular weight excluding hydrogens is 288 g/mol. The zero-order valence-electron chi connectivity index (χ0n) is 12.6. The number of aromatic nitrogens is 1. The summed E-state index contributed by atoms with van der Waals surface area (Å²) in [6.45, 7) is 7.26. The van der Waals surface area contributed by atoms with Crippen LogP contribution in [0.15, 0.2) is 23.1 Å². The summed E-state index contributed by atoms with van der Waals surface area (Å²) >= 11 is 1.58. The average molecular weight is 310 g/mol. The van der Waals surface area contributed by atoms with Crippen molar-refractivity contribution < 1.29 is 4.79 Å². The summed E-state index contributed by atoms with van der Waals surface area (Å²) in [4.78, 5) is 23.8. The third-order valence-electron chi connectivity index (χ3n) is 3.16. The number of carbonyl (C=O) groups is 1. The molecule has 0 bridgehead atoms. The minimum Gasteiger partial charge on any atom is -0.324 e. The number of amides is 1. The minimum atomic E-state index is -0.136. The van der Waals surface area contributed by atoms with Gasteiger partial charge in [0, 0.05) is 31.4 Å². The Morgan fingerprint density at radius 2 is 2.29 bits per heavy atom. The first kappa shape index (κ1) is 16.1. The van der Waals surface area contributed by atoms with Gasteiger partial charge in [0.25, 0.3) is 5.56 Å². The van der Waals surface area contributed by atoms with E-state index >= 15 is 0 Å². The largest absolute Gasteiger partial charge is 0.324 e. The van der Waals surface area contributed by atoms with Crippen molar-refractivity contribution in [2.24, 2.45) is 0 Å². The van der Waals surface area contributed by atoms with E-state index in [9.17, 15) is 9.59 Å². The van der Waals surface area contributed by atoms with Crippen molar-refractivity contribution in [3.05, 3.63) is 28.7 Å². The summed E-state index contributed by atoms with van der Waals surface area (Å²) in [7, 11) is 0. The molecule has 1 aromatic rings. The maximum Gasteiger partial charge on any atom is 0.250 e. The molecule has 0 radical (unpaired) electrons. The predicted molar refractivity (Wildman–Crippen MR) is 86.4 cm³/mol. The van der Waals surface area contributed by atoms with Gasteiger partial charge < -0.3 is 9.88 Å². The highest BCUT2D eigenvalue weighted by atomic mass is 32.2. The Bertz CT molecular complexity index is 558. The fourth-order valence-corrected chi connectivity index (χ4v) is 3.35. The lowest BCUT2D eigenvalue weighted by molar-refractivity contribution is -0.115. The number of anilines is 1. The van der Waals surface area contributed by atoms with E-state index in [1.807, 2.05) is 6.92 Å². The fourth-order valence-electron chi connectivity index (χ4n) is 2.11. The van der Waals surface area contributed by atoms with Gasteiger partial charge in [-0.1, -0.05) is 0 Å². The van der Waals surface area contributed by atoms with Gasteiger partial charge in [0.2, 0.25) is 5.91 Å². The third-order valence-corrected chi connectivity index (χ3v) is 4.44. The molecular formula is C14H22N4O2S. The van der Waals surface area contributed by atoms with Crippen LogP contribution in [0.2, 0.25) is 0 Å². The SMILES string of the molecule is CCn1cc(NC(=O)C2CNC(NC(C)C)S2)ccc1=O. The smallest absolute Gasteiger partial charge is 0.250 e. The Hall–Kier alpha value is -1.31. The standard InChI is InChI=1S/C14H22N4O2S/c1-4-18-8-10(5-6-12(18)19)17-13(20)11-7-15-14(21-11)16-9(2)3/h5-6,8-9,11,14-16H,4,7H2,1-3H3,(H,17,20). The summed E-state index contributed by atoms with van der Waals surface area (Å²) in [5.74, 6) is -0.0399. The van der Waals surface area contributed by atoms with Gasteiger partial charge in [0.1, 0.15) is 5.50 Å². The number of aryl methyl sites for hydroxylation is 1. The lowest BCUT2D eigenvalue weighted by Crippen LogP contribution is -2.39. The number of thioether (sulfide) groups is 1. The van der Waals surface area contributed by atoms with Crippen molar-refractivity contribution in [3.63, 3.8) is 0 Å². The van der Waals surface area contributed by atoms with E-state index in [2.05, 4.69) is 29.8 Å². The van der Waals surface area contributed by atoms with E-state index in [1.54, 1.807) is 28.6 Å². The predicted octanol–water partition coefficient (Wildman–Crippen LogP) is 0.793. The zero-order chi connectivity index (χ0) is 15.4. The maximum atomic E-state index is 12.2. The quantitative estimate of drug-likeness (QED) is 0.750. The molecule has 1 aliphatic heterocycles. The van der Waals surface area contributed by atoms with Crippen molar-refractivity contribution in [1.29, 1.82) is 0 Å². The summed E-state index contributed by atoms with van der Waals surface area (Å²) in [6, 6.07) is 3.48. The van der Waals surface area contributed by atoms with Gasteiger partial charge in [-0.2, -0.15) is 0 Å². The number of carbonyl (C=O) groups excluding carboxylic acids is 1. The minimum absolute atomic E-state index is 0.0399. The van der Waals surface area contributed by atoms with Crippen LogP contribution in [-0.2, 0) is 11.3 Å². The second kappa shape index (κ2) is 7.11. The molecule has 7 heteroatoms. The van der Waals surface area contributed by atoms with Crippen molar-refractivity contribution in [1.82, 2.24) is 15.2 Å². The topological polar surface area (TPSA) is 75.2 Å². The summed E-state index contributed by atoms with van der Waals surface area (Å²) in [5, 5.41) is 9.35. The van der Waals surface area contributed by atoms with E-state index < -0.39 is 0 Å². The molecule has 1 saturated heterocycles. The van der Waals surface area contributed by atoms with Crippen LogP contribution >= 0.6 is 11.8 Å². The Morgan fingerprint density at radius 1 is 1.52 bits per heavy atom. The van der Waals surface area contributed by atoms with Crippen LogP contribution in [0.3, 0.4) is 0 Å². The van der Waals surface area contributed by atoms with Crippen LogP contribution in [0.5, 0.6) is 0 Å². The zero-order valence-corrected chi connectivity index (χ0v) is 13.4. The summed E-state index contributed by atoms with van der Waals surface area (Å²) in [6.07, 6.45) is 1.68. The van der Waals surface area contributed by atoms with Crippen molar-refractivity contribution >= 4 is 23.4 Å². The van der Waals surface area contributed by atoms with Crippen LogP contribution in [0.1, 0.15) is 20.8 Å². The van der Waals surface area contributed by atoms with E-state index in [0.717, 1.165) is 0 Å². The molecule has 1 fully saturated rings. The van der Waals surface area contributed by atoms with Gasteiger partial charge in [0.05, 0.1) is 10.9 Å². The second-order valence-electron chi connectivity index (χ2n) is 5.27. The van der Waals surface area contributed by atoms with Crippen LogP contribution in [0, 0.1) is 0 Å². The van der Waals surface area contributed by atoms with Crippen molar-refractivity contribution in [3.8, 4) is 0 Å². The normalized spacial score (nSPS) is 21.7. The third kappa shape index (κ3) is 4.33. The average Bonchev–Trinajstić information content (AvgIpc) is 2.88. The first-order valence-corrected chi connectivity index (χ1v) is 8.10. The van der Waals surface area contributed by atoms with E-state index in [1.165, 1.54) is 6.07 Å². The van der Waals surface area contributed by atoms with Crippen LogP contribution < -0.4 is 21.5 Å². The maximum absolute atomic E-state index is 12.2. The molecule has 1 aromatic heterocycles. The number of nitrogens with one attached hydrogen (secondary N) is 3. The van der Waals surface area contributed by atoms with Crippen LogP contribution in [0.4, 0.5) is 5.69 Å². The number of hydrogen-bond acceptors (Lipinski definition) is 5. The highest BCUT2D eigenvalue weighted by Crippen LogP contribution is 2.22. The van der Waals surface area contributed by atoms with Gasteiger partial charge >= 0.3 is 0 Å². The Kier molecular flexibility index (Phi) is 5.44. The molecule has 2 rings (SSSR count). The monoisotopic (exact) mass is 310 g/mol. The van der Waals surface area contributed by atoms with E-state index in [0.29, 0.717) is 24.8 Å². The van der Waals surface area contributed by atoms with Gasteiger partial charge in [-0.15, -0.1) is 11.8 Å². The Labute approximate surface area is 128 Å². The molecule has 0 aromatic carbocycles. The number of hydrogen-bond donors (Lipinski definition) is 3. The molecule has 1 amide bonds. The first-order chi connectivity index (χ1) is 9.99. The molecule has 21 heavy (non-hydrogen) atoms. The summed E-state index contributed by atoms with van der Waals surface area (Å²) in [5.41, 5.74) is 0.696. The molecule has 0 aliphatic carbocycles. The van der Waals surface area contributed by atoms with Gasteiger partial charge in [-0.25, -0.2) is 0 Å². The second-order valence-corrected chi connectivity index (χ2v) is 6.58. The Balaban J connectivity index is 1.95. The number of rotatable bonds is 5. The number of nitrogens with zero attached hydrogens (tertiary/aromatic N) is 1. The van der Waals surface area contributed by atoms with E-state index in [-0.39, 0.29) is 22.2 Å². The van der Waals surface area contributed by atoms with Crippen LogP contribution in [0.25, 0.3) is 0 Å². The van der Waals surface area contributed by atoms with Crippen molar-refractivity contribution in [2.45, 2.75) is 44.1 Å². The van der Waals surface area contributed by atoms with Gasteiger partial charge in [0.15, 0.2) is 0 Å². The molecule has 2 unspecified atom stereocenters. The first-order valence-electron chi connectivity index (χ1n) is 7.16. The van der Waals surface area contributed by atoms with E-state index in [4.69, 9.17) is 0 Å². The lowest BCUT2D eigenvalue weighted by Gasteiger charge is -2.15. The van der Waals surface area contributed by atoms with Gasteiger partial charge in [-0.3, -0.25) is 20.2 Å². The lowest BCUT2D eigenvalue weighted by atomic mass is 10.3. The fraction of sp³-hybridized carbons (Fsp3) is 0.571. The highest BCUT2D eigenvalue weighted by molar-refractivity contribution is 8.01. The molecule has 2 atom stereocenters. The van der Waals surface area contributed by atoms with Crippen molar-refractivity contribution in [2.75, 3.05) is 11.9 Å².